The number of nitrogens with one attached hydrogen (secondary N) is 1. The predicted molar refractivity (Wildman–Crippen MR) is 73.9 cm³/mol. The van der Waals surface area contributed by atoms with Crippen molar-refractivity contribution in [3.05, 3.63) is 29.8 Å². The number of nitrogens with zero attached hydrogens (tertiary/aromatic N) is 1. The maximum atomic E-state index is 5.85. The average Bonchev–Trinajstić information content (AvgIpc) is 2.99. The van der Waals surface area contributed by atoms with Crippen molar-refractivity contribution in [3.8, 4) is 0 Å². The second kappa shape index (κ2) is 4.90. The fourth-order valence-corrected chi connectivity index (χ4v) is 3.01. The van der Waals surface area contributed by atoms with Crippen LogP contribution in [-0.4, -0.2) is 32.3 Å². The molecule has 3 nitrogen and oxygen atoms in total. The highest BCUT2D eigenvalue weighted by Crippen LogP contribution is 2.34. The van der Waals surface area contributed by atoms with E-state index in [9.17, 15) is 0 Å². The zero-order valence-electron chi connectivity index (χ0n) is 11.2. The van der Waals surface area contributed by atoms with Gasteiger partial charge in [0, 0.05) is 32.4 Å². The van der Waals surface area contributed by atoms with E-state index in [1.54, 1.807) is 0 Å². The van der Waals surface area contributed by atoms with Gasteiger partial charge in [-0.05, 0) is 37.0 Å². The van der Waals surface area contributed by atoms with Crippen molar-refractivity contribution in [3.63, 3.8) is 0 Å². The number of fused-ring (bicyclic) bond motifs is 2. The smallest absolute Gasteiger partial charge is 0.0733 e. The van der Waals surface area contributed by atoms with Crippen LogP contribution in [0.1, 0.15) is 24.8 Å². The third kappa shape index (κ3) is 2.38. The average molecular weight is 246 g/mol. The maximum absolute atomic E-state index is 5.85. The van der Waals surface area contributed by atoms with E-state index in [0.717, 1.165) is 6.54 Å². The third-order valence-electron chi connectivity index (χ3n) is 4.13. The number of hydrogen-bond donors (Lipinski definition) is 1. The molecule has 1 aromatic carbocycles. The molecule has 0 aromatic heterocycles. The van der Waals surface area contributed by atoms with Crippen LogP contribution < -0.4 is 10.2 Å². The van der Waals surface area contributed by atoms with Crippen molar-refractivity contribution < 1.29 is 4.74 Å². The van der Waals surface area contributed by atoms with Crippen LogP contribution in [-0.2, 0) is 11.3 Å². The van der Waals surface area contributed by atoms with E-state index in [4.69, 9.17) is 4.74 Å². The fourth-order valence-electron chi connectivity index (χ4n) is 3.01. The Bertz CT molecular complexity index is 401. The minimum absolute atomic E-state index is 0.469. The van der Waals surface area contributed by atoms with Crippen LogP contribution in [0, 0.1) is 0 Å². The summed E-state index contributed by atoms with van der Waals surface area (Å²) in [7, 11) is 4.14. The number of hydrogen-bond acceptors (Lipinski definition) is 3. The van der Waals surface area contributed by atoms with Crippen LogP contribution in [0.25, 0.3) is 0 Å². The van der Waals surface area contributed by atoms with Gasteiger partial charge in [-0.15, -0.1) is 0 Å². The Morgan fingerprint density at radius 3 is 2.56 bits per heavy atom. The van der Waals surface area contributed by atoms with E-state index in [-0.39, 0.29) is 0 Å². The molecule has 3 unspecified atom stereocenters. The lowest BCUT2D eigenvalue weighted by molar-refractivity contribution is 0.0973. The summed E-state index contributed by atoms with van der Waals surface area (Å²) in [4.78, 5) is 2.13. The van der Waals surface area contributed by atoms with Gasteiger partial charge in [-0.1, -0.05) is 12.1 Å². The molecular weight excluding hydrogens is 224 g/mol. The molecule has 2 aliphatic rings. The summed E-state index contributed by atoms with van der Waals surface area (Å²) in [6.45, 7) is 0.949. The molecule has 3 rings (SSSR count). The molecule has 0 spiro atoms. The molecule has 2 saturated heterocycles. The highest BCUT2D eigenvalue weighted by atomic mass is 16.5. The normalized spacial score (nSPS) is 29.8. The lowest BCUT2D eigenvalue weighted by Gasteiger charge is -2.20. The molecule has 0 saturated carbocycles. The van der Waals surface area contributed by atoms with Crippen LogP contribution in [0.4, 0.5) is 5.69 Å². The molecule has 0 amide bonds. The second-order valence-electron chi connectivity index (χ2n) is 5.66. The zero-order chi connectivity index (χ0) is 12.5. The van der Waals surface area contributed by atoms with Gasteiger partial charge in [-0.25, -0.2) is 0 Å². The Balaban J connectivity index is 1.54. The highest BCUT2D eigenvalue weighted by molar-refractivity contribution is 5.45. The Hall–Kier alpha value is -1.06. The third-order valence-corrected chi connectivity index (χ3v) is 4.13. The number of anilines is 1. The Labute approximate surface area is 109 Å². The zero-order valence-corrected chi connectivity index (χ0v) is 11.2. The van der Waals surface area contributed by atoms with E-state index in [1.165, 1.54) is 30.5 Å². The molecule has 2 aliphatic heterocycles. The van der Waals surface area contributed by atoms with E-state index in [1.807, 2.05) is 0 Å². The van der Waals surface area contributed by atoms with Gasteiger partial charge < -0.3 is 15.0 Å². The van der Waals surface area contributed by atoms with E-state index in [0.29, 0.717) is 18.2 Å². The van der Waals surface area contributed by atoms with Gasteiger partial charge in [0.1, 0.15) is 0 Å². The quantitative estimate of drug-likeness (QED) is 0.881. The number of benzene rings is 1. The first kappa shape index (κ1) is 12.0. The van der Waals surface area contributed by atoms with Crippen LogP contribution >= 0.6 is 0 Å². The lowest BCUT2D eigenvalue weighted by atomic mass is 9.95. The largest absolute Gasteiger partial charge is 0.378 e. The molecule has 0 radical (unpaired) electrons. The molecule has 3 heteroatoms. The van der Waals surface area contributed by atoms with E-state index in [2.05, 4.69) is 48.6 Å². The molecule has 2 fully saturated rings. The van der Waals surface area contributed by atoms with Crippen LogP contribution in [0.2, 0.25) is 0 Å². The first-order valence-corrected chi connectivity index (χ1v) is 6.87. The Kier molecular flexibility index (Phi) is 3.27. The summed E-state index contributed by atoms with van der Waals surface area (Å²) in [5.74, 6) is 0. The Morgan fingerprint density at radius 1 is 1.22 bits per heavy atom. The first-order valence-electron chi connectivity index (χ1n) is 6.87. The Morgan fingerprint density at radius 2 is 2.00 bits per heavy atom. The minimum atomic E-state index is 0.469. The van der Waals surface area contributed by atoms with Crippen molar-refractivity contribution in [2.45, 2.75) is 44.1 Å². The summed E-state index contributed by atoms with van der Waals surface area (Å²) in [5, 5.41) is 3.64. The van der Waals surface area contributed by atoms with Crippen LogP contribution in [0.15, 0.2) is 24.3 Å². The standard InChI is InChI=1S/C15H22N2O/c1-17(2)12-5-3-11(4-6-12)10-16-14-9-13-7-8-15(14)18-13/h3-6,13-16H,7-10H2,1-2H3. The SMILES string of the molecule is CN(C)c1ccc(CNC2CC3CCC2O3)cc1. The summed E-state index contributed by atoms with van der Waals surface area (Å²) in [5.41, 5.74) is 2.60. The number of ether oxygens (including phenoxy) is 1. The lowest BCUT2D eigenvalue weighted by Crippen LogP contribution is -2.36. The molecule has 1 N–H and O–H groups in total. The van der Waals surface area contributed by atoms with E-state index >= 15 is 0 Å². The van der Waals surface area contributed by atoms with Gasteiger partial charge in [0.05, 0.1) is 12.2 Å². The van der Waals surface area contributed by atoms with Crippen LogP contribution in [0.5, 0.6) is 0 Å². The monoisotopic (exact) mass is 246 g/mol. The van der Waals surface area contributed by atoms with Gasteiger partial charge in [0.25, 0.3) is 0 Å². The van der Waals surface area contributed by atoms with Crippen molar-refractivity contribution in [2.24, 2.45) is 0 Å². The molecular formula is C15H22N2O. The van der Waals surface area contributed by atoms with Crippen molar-refractivity contribution >= 4 is 5.69 Å². The van der Waals surface area contributed by atoms with Gasteiger partial charge >= 0.3 is 0 Å². The minimum Gasteiger partial charge on any atom is -0.378 e. The molecule has 0 aliphatic carbocycles. The summed E-state index contributed by atoms with van der Waals surface area (Å²) in [6, 6.07) is 9.33. The molecule has 1 aromatic rings. The van der Waals surface area contributed by atoms with Gasteiger partial charge in [-0.3, -0.25) is 0 Å². The summed E-state index contributed by atoms with van der Waals surface area (Å²) < 4.78 is 5.85. The first-order chi connectivity index (χ1) is 8.72. The van der Waals surface area contributed by atoms with Crippen LogP contribution in [0.3, 0.4) is 0 Å². The van der Waals surface area contributed by atoms with Crippen molar-refractivity contribution in [1.82, 2.24) is 5.32 Å². The number of rotatable bonds is 4. The van der Waals surface area contributed by atoms with Gasteiger partial charge in [-0.2, -0.15) is 0 Å². The molecule has 2 heterocycles. The summed E-state index contributed by atoms with van der Waals surface area (Å²) >= 11 is 0. The van der Waals surface area contributed by atoms with Crippen molar-refractivity contribution in [2.75, 3.05) is 19.0 Å². The molecule has 18 heavy (non-hydrogen) atoms. The van der Waals surface area contributed by atoms with Gasteiger partial charge in [0.2, 0.25) is 0 Å². The van der Waals surface area contributed by atoms with Crippen molar-refractivity contribution in [1.29, 1.82) is 0 Å². The molecule has 3 atom stereocenters. The molecule has 98 valence electrons. The second-order valence-corrected chi connectivity index (χ2v) is 5.66. The summed E-state index contributed by atoms with van der Waals surface area (Å²) in [6.07, 6.45) is 4.70. The topological polar surface area (TPSA) is 24.5 Å². The van der Waals surface area contributed by atoms with E-state index < -0.39 is 0 Å². The fraction of sp³-hybridized carbons (Fsp3) is 0.600. The predicted octanol–water partition coefficient (Wildman–Crippen LogP) is 2.16. The molecule has 2 bridgehead atoms. The maximum Gasteiger partial charge on any atom is 0.0733 e. The van der Waals surface area contributed by atoms with Gasteiger partial charge in [0.15, 0.2) is 0 Å². The highest BCUT2D eigenvalue weighted by Gasteiger charge is 2.40.